The zero-order chi connectivity index (χ0) is 20.1. The van der Waals surface area contributed by atoms with Crippen molar-refractivity contribution in [1.82, 2.24) is 0 Å². The first-order chi connectivity index (χ1) is 13.4. The summed E-state index contributed by atoms with van der Waals surface area (Å²) < 4.78 is 23.5. The third-order valence-electron chi connectivity index (χ3n) is 4.19. The van der Waals surface area contributed by atoms with Gasteiger partial charge in [0.1, 0.15) is 17.7 Å². The zero-order valence-corrected chi connectivity index (χ0v) is 15.5. The number of hydrogen-bond acceptors (Lipinski definition) is 4. The second kappa shape index (κ2) is 8.48. The Kier molecular flexibility index (Phi) is 5.84. The number of hydrogen-bond donors (Lipinski definition) is 0. The second-order valence-corrected chi connectivity index (χ2v) is 6.29. The van der Waals surface area contributed by atoms with Crippen LogP contribution in [-0.2, 0) is 9.53 Å². The maximum absolute atomic E-state index is 13.0. The lowest BCUT2D eigenvalue weighted by Crippen LogP contribution is -2.09. The van der Waals surface area contributed by atoms with E-state index in [9.17, 15) is 14.0 Å². The van der Waals surface area contributed by atoms with E-state index in [0.717, 1.165) is 16.7 Å². The van der Waals surface area contributed by atoms with Crippen molar-refractivity contribution >= 4 is 11.9 Å². The predicted molar refractivity (Wildman–Crippen MR) is 103 cm³/mol. The van der Waals surface area contributed by atoms with Crippen molar-refractivity contribution in [3.8, 4) is 16.9 Å². The van der Waals surface area contributed by atoms with Crippen molar-refractivity contribution < 1.29 is 23.5 Å². The SMILES string of the molecule is CC(=O)Oc1ccc(-c2ccc(C(=O)O[C@@H](C)c3ccc(F)cc3)cc2)cc1. The molecule has 0 N–H and O–H groups in total. The Labute approximate surface area is 162 Å². The molecule has 1 atom stereocenters. The molecule has 0 aliphatic carbocycles. The molecule has 0 saturated heterocycles. The number of rotatable bonds is 5. The summed E-state index contributed by atoms with van der Waals surface area (Å²) in [6.45, 7) is 3.09. The Morgan fingerprint density at radius 2 is 1.36 bits per heavy atom. The number of ether oxygens (including phenoxy) is 2. The van der Waals surface area contributed by atoms with Crippen molar-refractivity contribution in [1.29, 1.82) is 0 Å². The van der Waals surface area contributed by atoms with E-state index in [0.29, 0.717) is 11.3 Å². The van der Waals surface area contributed by atoms with Gasteiger partial charge in [0.05, 0.1) is 5.56 Å². The summed E-state index contributed by atoms with van der Waals surface area (Å²) in [4.78, 5) is 23.3. The Balaban J connectivity index is 1.67. The van der Waals surface area contributed by atoms with E-state index >= 15 is 0 Å². The average molecular weight is 378 g/mol. The van der Waals surface area contributed by atoms with Crippen LogP contribution >= 0.6 is 0 Å². The summed E-state index contributed by atoms with van der Waals surface area (Å²) in [7, 11) is 0. The minimum atomic E-state index is -0.485. The molecule has 3 aromatic rings. The normalized spacial score (nSPS) is 11.5. The number of carbonyl (C=O) groups is 2. The Hall–Kier alpha value is -3.47. The van der Waals surface area contributed by atoms with Crippen LogP contribution in [0.15, 0.2) is 72.8 Å². The molecule has 0 saturated carbocycles. The van der Waals surface area contributed by atoms with Crippen LogP contribution < -0.4 is 4.74 Å². The van der Waals surface area contributed by atoms with Crippen LogP contribution in [0.2, 0.25) is 0 Å². The van der Waals surface area contributed by atoms with E-state index in [1.165, 1.54) is 19.1 Å². The van der Waals surface area contributed by atoms with Gasteiger partial charge >= 0.3 is 11.9 Å². The summed E-state index contributed by atoms with van der Waals surface area (Å²) in [5.41, 5.74) is 2.99. The number of esters is 2. The number of carbonyl (C=O) groups excluding carboxylic acids is 2. The largest absolute Gasteiger partial charge is 0.454 e. The van der Waals surface area contributed by atoms with Crippen LogP contribution in [0.4, 0.5) is 4.39 Å². The maximum Gasteiger partial charge on any atom is 0.338 e. The molecule has 0 unspecified atom stereocenters. The lowest BCUT2D eigenvalue weighted by atomic mass is 10.0. The van der Waals surface area contributed by atoms with Gasteiger partial charge in [0.25, 0.3) is 0 Å². The van der Waals surface area contributed by atoms with Crippen LogP contribution in [0.25, 0.3) is 11.1 Å². The Morgan fingerprint density at radius 3 is 1.89 bits per heavy atom. The molecule has 142 valence electrons. The van der Waals surface area contributed by atoms with Gasteiger partial charge in [-0.2, -0.15) is 0 Å². The van der Waals surface area contributed by atoms with E-state index in [2.05, 4.69) is 0 Å². The molecule has 5 heteroatoms. The fourth-order valence-corrected chi connectivity index (χ4v) is 2.71. The average Bonchev–Trinajstić information content (AvgIpc) is 2.68. The predicted octanol–water partition coefficient (Wildman–Crippen LogP) is 5.34. The molecule has 3 rings (SSSR count). The lowest BCUT2D eigenvalue weighted by Gasteiger charge is -2.14. The van der Waals surface area contributed by atoms with Crippen molar-refractivity contribution in [3.63, 3.8) is 0 Å². The van der Waals surface area contributed by atoms with Crippen molar-refractivity contribution in [2.75, 3.05) is 0 Å². The van der Waals surface area contributed by atoms with Gasteiger partial charge in [-0.1, -0.05) is 36.4 Å². The van der Waals surface area contributed by atoms with Crippen molar-refractivity contribution in [2.45, 2.75) is 20.0 Å². The van der Waals surface area contributed by atoms with Gasteiger partial charge in [-0.15, -0.1) is 0 Å². The highest BCUT2D eigenvalue weighted by Crippen LogP contribution is 2.24. The van der Waals surface area contributed by atoms with Gasteiger partial charge in [-0.05, 0) is 60.0 Å². The van der Waals surface area contributed by atoms with Gasteiger partial charge < -0.3 is 9.47 Å². The molecule has 0 bridgehead atoms. The zero-order valence-electron chi connectivity index (χ0n) is 15.5. The highest BCUT2D eigenvalue weighted by atomic mass is 19.1. The third kappa shape index (κ3) is 4.82. The topological polar surface area (TPSA) is 52.6 Å². The van der Waals surface area contributed by atoms with Crippen LogP contribution in [-0.4, -0.2) is 11.9 Å². The molecule has 0 aliphatic heterocycles. The summed E-state index contributed by atoms with van der Waals surface area (Å²) in [6, 6.07) is 20.0. The second-order valence-electron chi connectivity index (χ2n) is 6.29. The summed E-state index contributed by atoms with van der Waals surface area (Å²) in [5.74, 6) is -0.677. The van der Waals surface area contributed by atoms with Gasteiger partial charge in [-0.25, -0.2) is 9.18 Å². The highest BCUT2D eigenvalue weighted by molar-refractivity contribution is 5.90. The minimum absolute atomic E-state index is 0.334. The molecule has 0 amide bonds. The van der Waals surface area contributed by atoms with Crippen LogP contribution in [0, 0.1) is 5.82 Å². The summed E-state index contributed by atoms with van der Waals surface area (Å²) in [5, 5.41) is 0. The van der Waals surface area contributed by atoms with Crippen molar-refractivity contribution in [3.05, 3.63) is 89.7 Å². The van der Waals surface area contributed by atoms with Crippen LogP contribution in [0.1, 0.15) is 35.9 Å². The standard InChI is InChI=1S/C23H19FO4/c1-15(17-7-11-21(24)12-8-17)27-23(26)20-5-3-18(4-6-20)19-9-13-22(14-10-19)28-16(2)25/h3-15H,1-2H3/t15-/m0/s1. The Bertz CT molecular complexity index is 961. The van der Waals surface area contributed by atoms with E-state index in [1.807, 2.05) is 24.3 Å². The molecule has 0 heterocycles. The molecule has 0 aliphatic rings. The van der Waals surface area contributed by atoms with Crippen LogP contribution in [0.5, 0.6) is 5.75 Å². The lowest BCUT2D eigenvalue weighted by molar-refractivity contribution is -0.131. The highest BCUT2D eigenvalue weighted by Gasteiger charge is 2.14. The quantitative estimate of drug-likeness (QED) is 0.444. The van der Waals surface area contributed by atoms with E-state index in [4.69, 9.17) is 9.47 Å². The fourth-order valence-electron chi connectivity index (χ4n) is 2.71. The van der Waals surface area contributed by atoms with Gasteiger partial charge in [0.2, 0.25) is 0 Å². The third-order valence-corrected chi connectivity index (χ3v) is 4.19. The summed E-state index contributed by atoms with van der Waals surface area (Å²) >= 11 is 0. The molecule has 0 fully saturated rings. The maximum atomic E-state index is 13.0. The van der Waals surface area contributed by atoms with Crippen LogP contribution in [0.3, 0.4) is 0 Å². The molecule has 4 nitrogen and oxygen atoms in total. The smallest absolute Gasteiger partial charge is 0.338 e. The molecule has 0 radical (unpaired) electrons. The molecule has 0 aromatic heterocycles. The number of halogens is 1. The molecular weight excluding hydrogens is 359 g/mol. The van der Waals surface area contributed by atoms with Crippen molar-refractivity contribution in [2.24, 2.45) is 0 Å². The summed E-state index contributed by atoms with van der Waals surface area (Å²) in [6.07, 6.45) is -0.485. The molecular formula is C23H19FO4. The van der Waals surface area contributed by atoms with Gasteiger partial charge in [-0.3, -0.25) is 4.79 Å². The van der Waals surface area contributed by atoms with E-state index in [-0.39, 0.29) is 11.8 Å². The van der Waals surface area contributed by atoms with Gasteiger partial charge in [0.15, 0.2) is 0 Å². The minimum Gasteiger partial charge on any atom is -0.454 e. The monoisotopic (exact) mass is 378 g/mol. The number of benzene rings is 3. The fraction of sp³-hybridized carbons (Fsp3) is 0.130. The first-order valence-corrected chi connectivity index (χ1v) is 8.78. The van der Waals surface area contributed by atoms with E-state index in [1.54, 1.807) is 43.3 Å². The molecule has 28 heavy (non-hydrogen) atoms. The molecule has 3 aromatic carbocycles. The first kappa shape index (κ1) is 19.3. The molecule has 0 spiro atoms. The first-order valence-electron chi connectivity index (χ1n) is 8.78. The van der Waals surface area contributed by atoms with E-state index < -0.39 is 12.1 Å². The van der Waals surface area contributed by atoms with Gasteiger partial charge in [0, 0.05) is 6.92 Å². The Morgan fingerprint density at radius 1 is 0.821 bits per heavy atom.